The Labute approximate surface area is 127 Å². The van der Waals surface area contributed by atoms with Crippen LogP contribution in [0.2, 0.25) is 0 Å². The van der Waals surface area contributed by atoms with E-state index in [2.05, 4.69) is 5.32 Å². The first-order valence-corrected chi connectivity index (χ1v) is 8.74. The van der Waals surface area contributed by atoms with Gasteiger partial charge in [-0.2, -0.15) is 0 Å². The number of carboxylic acids is 1. The summed E-state index contributed by atoms with van der Waals surface area (Å²) >= 11 is 3.34. The van der Waals surface area contributed by atoms with Gasteiger partial charge in [-0.25, -0.2) is 0 Å². The minimum Gasteiger partial charge on any atom is -0.481 e. The van der Waals surface area contributed by atoms with E-state index in [0.29, 0.717) is 6.42 Å². The number of amides is 1. The fourth-order valence-corrected chi connectivity index (χ4v) is 4.66. The summed E-state index contributed by atoms with van der Waals surface area (Å²) in [5, 5.41) is 13.8. The molecule has 0 aromatic carbocycles. The number of thioether (sulfide) groups is 1. The Hall–Kier alpha value is -1.01. The van der Waals surface area contributed by atoms with Crippen molar-refractivity contribution in [1.82, 2.24) is 5.32 Å². The number of rotatable bonds is 6. The van der Waals surface area contributed by atoms with Gasteiger partial charge in [-0.05, 0) is 35.6 Å². The van der Waals surface area contributed by atoms with Gasteiger partial charge in [0.15, 0.2) is 0 Å². The maximum absolute atomic E-state index is 12.3. The van der Waals surface area contributed by atoms with E-state index >= 15 is 0 Å². The molecule has 2 rings (SSSR count). The minimum absolute atomic E-state index is 0.0586. The highest BCUT2D eigenvalue weighted by Gasteiger charge is 2.28. The summed E-state index contributed by atoms with van der Waals surface area (Å²) in [6.07, 6.45) is 2.42. The van der Waals surface area contributed by atoms with E-state index in [9.17, 15) is 9.59 Å². The molecule has 2 heterocycles. The average molecular weight is 313 g/mol. The topological polar surface area (TPSA) is 66.4 Å². The van der Waals surface area contributed by atoms with Crippen molar-refractivity contribution in [2.75, 3.05) is 12.3 Å². The van der Waals surface area contributed by atoms with Gasteiger partial charge in [0.1, 0.15) is 5.25 Å². The van der Waals surface area contributed by atoms with Gasteiger partial charge in [-0.1, -0.05) is 13.3 Å². The summed E-state index contributed by atoms with van der Waals surface area (Å²) in [6, 6.07) is 2.01. The fourth-order valence-electron chi connectivity index (χ4n) is 2.34. The molecule has 0 spiro atoms. The van der Waals surface area contributed by atoms with Crippen LogP contribution in [0.1, 0.15) is 35.5 Å². The molecule has 1 aliphatic heterocycles. The molecular formula is C14H19NO3S2. The van der Waals surface area contributed by atoms with Gasteiger partial charge < -0.3 is 10.4 Å². The number of nitrogens with one attached hydrogen (secondary N) is 1. The van der Waals surface area contributed by atoms with Crippen LogP contribution in [0, 0.1) is 5.92 Å². The predicted molar refractivity (Wildman–Crippen MR) is 82.3 cm³/mol. The third-order valence-corrected chi connectivity index (χ3v) is 5.66. The van der Waals surface area contributed by atoms with E-state index in [1.165, 1.54) is 4.88 Å². The Bertz CT molecular complexity index is 487. The zero-order valence-electron chi connectivity index (χ0n) is 11.4. The van der Waals surface area contributed by atoms with Crippen LogP contribution in [0.4, 0.5) is 0 Å². The highest BCUT2D eigenvalue weighted by atomic mass is 32.2. The summed E-state index contributed by atoms with van der Waals surface area (Å²) in [4.78, 5) is 24.6. The molecule has 2 atom stereocenters. The van der Waals surface area contributed by atoms with Gasteiger partial charge in [0, 0.05) is 11.4 Å². The molecule has 1 aliphatic rings. The first-order valence-electron chi connectivity index (χ1n) is 6.81. The quantitative estimate of drug-likeness (QED) is 0.847. The normalized spacial score (nSPS) is 19.1. The van der Waals surface area contributed by atoms with Crippen LogP contribution in [-0.2, 0) is 16.0 Å². The lowest BCUT2D eigenvalue weighted by atomic mass is 10.0. The maximum Gasteiger partial charge on any atom is 0.308 e. The number of thiophene rings is 1. The lowest BCUT2D eigenvalue weighted by molar-refractivity contribution is -0.141. The second-order valence-electron chi connectivity index (χ2n) is 4.87. The molecule has 0 saturated carbocycles. The molecule has 110 valence electrons. The maximum atomic E-state index is 12.3. The largest absolute Gasteiger partial charge is 0.481 e. The molecule has 0 aliphatic carbocycles. The number of aliphatic carboxylic acids is 1. The van der Waals surface area contributed by atoms with E-state index in [4.69, 9.17) is 5.11 Å². The first kappa shape index (κ1) is 15.4. The molecule has 0 radical (unpaired) electrons. The molecule has 20 heavy (non-hydrogen) atoms. The molecule has 0 fully saturated rings. The van der Waals surface area contributed by atoms with Gasteiger partial charge in [-0.15, -0.1) is 23.1 Å². The van der Waals surface area contributed by atoms with E-state index in [1.54, 1.807) is 23.1 Å². The van der Waals surface area contributed by atoms with Crippen molar-refractivity contribution in [3.05, 3.63) is 21.9 Å². The molecule has 2 N–H and O–H groups in total. The van der Waals surface area contributed by atoms with Gasteiger partial charge in [-0.3, -0.25) is 9.59 Å². The number of hydrogen-bond acceptors (Lipinski definition) is 4. The Morgan fingerprint density at radius 3 is 3.05 bits per heavy atom. The molecule has 2 unspecified atom stereocenters. The van der Waals surface area contributed by atoms with Gasteiger partial charge in [0.25, 0.3) is 0 Å². The van der Waals surface area contributed by atoms with E-state index in [-0.39, 0.29) is 17.7 Å². The number of aryl methyl sites for hydroxylation is 1. The van der Waals surface area contributed by atoms with Gasteiger partial charge >= 0.3 is 5.97 Å². The lowest BCUT2D eigenvalue weighted by Crippen LogP contribution is -2.36. The first-order chi connectivity index (χ1) is 9.63. The van der Waals surface area contributed by atoms with Crippen LogP contribution in [0.25, 0.3) is 0 Å². The van der Waals surface area contributed by atoms with Crippen LogP contribution in [-0.4, -0.2) is 29.3 Å². The molecule has 0 bridgehead atoms. The van der Waals surface area contributed by atoms with Crippen molar-refractivity contribution in [2.45, 2.75) is 31.4 Å². The van der Waals surface area contributed by atoms with Crippen molar-refractivity contribution in [3.8, 4) is 0 Å². The smallest absolute Gasteiger partial charge is 0.308 e. The predicted octanol–water partition coefficient (Wildman–Crippen LogP) is 2.70. The Morgan fingerprint density at radius 2 is 2.35 bits per heavy atom. The van der Waals surface area contributed by atoms with Gasteiger partial charge in [0.05, 0.1) is 5.92 Å². The van der Waals surface area contributed by atoms with Crippen LogP contribution in [0.5, 0.6) is 0 Å². The third-order valence-electron chi connectivity index (χ3n) is 3.42. The molecule has 1 aromatic rings. The minimum atomic E-state index is -0.834. The Kier molecular flexibility index (Phi) is 5.48. The van der Waals surface area contributed by atoms with Crippen molar-refractivity contribution < 1.29 is 14.7 Å². The van der Waals surface area contributed by atoms with E-state index < -0.39 is 11.9 Å². The fraction of sp³-hybridized carbons (Fsp3) is 0.571. The zero-order valence-corrected chi connectivity index (χ0v) is 13.1. The van der Waals surface area contributed by atoms with E-state index in [0.717, 1.165) is 24.2 Å². The average Bonchev–Trinajstić information content (AvgIpc) is 2.90. The highest BCUT2D eigenvalue weighted by Crippen LogP contribution is 2.39. The second-order valence-corrected chi connectivity index (χ2v) is 7.08. The number of hydrogen-bond donors (Lipinski definition) is 2. The summed E-state index contributed by atoms with van der Waals surface area (Å²) in [5.74, 6) is -0.431. The number of carboxylic acid groups (broad SMARTS) is 1. The monoisotopic (exact) mass is 313 g/mol. The van der Waals surface area contributed by atoms with Crippen LogP contribution in [0.15, 0.2) is 11.4 Å². The summed E-state index contributed by atoms with van der Waals surface area (Å²) in [5.41, 5.74) is 1.10. The molecule has 0 saturated heterocycles. The van der Waals surface area contributed by atoms with Crippen LogP contribution >= 0.6 is 23.1 Å². The molecule has 4 nitrogen and oxygen atoms in total. The zero-order chi connectivity index (χ0) is 14.5. The summed E-state index contributed by atoms with van der Waals surface area (Å²) < 4.78 is 0. The Balaban J connectivity index is 1.95. The lowest BCUT2D eigenvalue weighted by Gasteiger charge is -2.22. The van der Waals surface area contributed by atoms with Crippen molar-refractivity contribution in [2.24, 2.45) is 5.92 Å². The SMILES string of the molecule is CCCC(CNC(=O)C1SCCc2sccc21)C(=O)O. The van der Waals surface area contributed by atoms with Crippen molar-refractivity contribution >= 4 is 35.0 Å². The van der Waals surface area contributed by atoms with Crippen LogP contribution < -0.4 is 5.32 Å². The number of carbonyl (C=O) groups is 2. The van der Waals surface area contributed by atoms with E-state index in [1.807, 2.05) is 18.4 Å². The standard InChI is InChI=1S/C14H19NO3S2/c1-2-3-9(14(17)18)8-15-13(16)12-10-4-6-19-11(10)5-7-20-12/h4,6,9,12H,2-3,5,7-8H2,1H3,(H,15,16)(H,17,18). The molecule has 1 aromatic heterocycles. The van der Waals surface area contributed by atoms with Crippen LogP contribution in [0.3, 0.4) is 0 Å². The second kappa shape index (κ2) is 7.13. The highest BCUT2D eigenvalue weighted by molar-refractivity contribution is 8.00. The molecular weight excluding hydrogens is 294 g/mol. The van der Waals surface area contributed by atoms with Crippen molar-refractivity contribution in [3.63, 3.8) is 0 Å². The summed E-state index contributed by atoms with van der Waals surface area (Å²) in [6.45, 7) is 2.17. The van der Waals surface area contributed by atoms with Crippen molar-refractivity contribution in [1.29, 1.82) is 0 Å². The summed E-state index contributed by atoms with van der Waals surface area (Å²) in [7, 11) is 0. The van der Waals surface area contributed by atoms with Gasteiger partial charge in [0.2, 0.25) is 5.91 Å². The Morgan fingerprint density at radius 1 is 1.55 bits per heavy atom. The molecule has 6 heteroatoms. The third kappa shape index (κ3) is 3.55. The number of fused-ring (bicyclic) bond motifs is 1. The molecule has 1 amide bonds. The number of carbonyl (C=O) groups excluding carboxylic acids is 1.